The van der Waals surface area contributed by atoms with Gasteiger partial charge in [0, 0.05) is 29.7 Å². The van der Waals surface area contributed by atoms with Crippen molar-refractivity contribution in [3.63, 3.8) is 0 Å². The topological polar surface area (TPSA) is 74.7 Å². The summed E-state index contributed by atoms with van der Waals surface area (Å²) in [6, 6.07) is 1.64. The van der Waals surface area contributed by atoms with Crippen LogP contribution in [0.15, 0.2) is 11.4 Å². The molecule has 1 aliphatic heterocycles. The van der Waals surface area contributed by atoms with E-state index >= 15 is 0 Å². The number of rotatable bonds is 2. The van der Waals surface area contributed by atoms with Gasteiger partial charge in [0.1, 0.15) is 12.0 Å². The first kappa shape index (κ1) is 16.4. The number of aliphatic hydroxyl groups excluding tert-OH is 1. The van der Waals surface area contributed by atoms with Crippen molar-refractivity contribution in [1.82, 2.24) is 4.90 Å². The molecule has 0 spiro atoms. The molecule has 1 aliphatic rings. The molecule has 114 valence electrons. The van der Waals surface area contributed by atoms with Gasteiger partial charge in [-0.2, -0.15) is 11.8 Å². The molecule has 8 heteroatoms. The average Bonchev–Trinajstić information content (AvgIpc) is 2.92. The predicted molar refractivity (Wildman–Crippen MR) is 85.3 cm³/mol. The van der Waals surface area contributed by atoms with Gasteiger partial charge < -0.3 is 10.0 Å². The van der Waals surface area contributed by atoms with Crippen LogP contribution in [0.2, 0.25) is 0 Å². The van der Waals surface area contributed by atoms with E-state index in [0.717, 1.165) is 12.0 Å². The van der Waals surface area contributed by atoms with Crippen LogP contribution < -0.4 is 0 Å². The Morgan fingerprint density at radius 3 is 3.00 bits per heavy atom. The van der Waals surface area contributed by atoms with Crippen LogP contribution in [0.25, 0.3) is 0 Å². The van der Waals surface area contributed by atoms with E-state index in [1.165, 1.54) is 16.2 Å². The molecule has 2 rings (SSSR count). The van der Waals surface area contributed by atoms with Crippen molar-refractivity contribution in [2.24, 2.45) is 0 Å². The number of carbonyl (C=O) groups is 1. The van der Waals surface area contributed by atoms with E-state index in [4.69, 9.17) is 5.11 Å². The first-order valence-electron chi connectivity index (χ1n) is 6.19. The molecular weight excluding hydrogens is 330 g/mol. The third-order valence-corrected chi connectivity index (χ3v) is 6.47. The van der Waals surface area contributed by atoms with Crippen LogP contribution >= 0.6 is 23.1 Å². The van der Waals surface area contributed by atoms with E-state index < -0.39 is 15.2 Å². The van der Waals surface area contributed by atoms with E-state index in [0.29, 0.717) is 22.7 Å². The number of nitrogens with zero attached hydrogens (tertiary/aromatic N) is 1. The number of aliphatic hydroxyl groups is 1. The molecule has 1 saturated heterocycles. The van der Waals surface area contributed by atoms with E-state index in [9.17, 15) is 13.2 Å². The lowest BCUT2D eigenvalue weighted by Crippen LogP contribution is -2.49. The molecule has 1 N–H and O–H groups in total. The Kier molecular flexibility index (Phi) is 5.32. The number of thioether (sulfide) groups is 1. The van der Waals surface area contributed by atoms with Crippen molar-refractivity contribution in [3.05, 3.63) is 21.9 Å². The summed E-state index contributed by atoms with van der Waals surface area (Å²) in [5, 5.41) is 9.56. The summed E-state index contributed by atoms with van der Waals surface area (Å²) in [7, 11) is -3.31. The van der Waals surface area contributed by atoms with Crippen LogP contribution in [0.3, 0.4) is 0 Å². The molecule has 5 nitrogen and oxygen atoms in total. The molecular formula is C13H15NO4S3. The first-order chi connectivity index (χ1) is 9.93. The molecule has 0 saturated carbocycles. The SMILES string of the molecule is CS(=O)(=O)C1CSCCN1C(=O)c1csc(C#CCO)c1. The quantitative estimate of drug-likeness (QED) is 0.797. The maximum absolute atomic E-state index is 12.5. The van der Waals surface area contributed by atoms with Gasteiger partial charge in [0.15, 0.2) is 9.84 Å². The Bertz CT molecular complexity index is 684. The average molecular weight is 345 g/mol. The molecule has 1 aromatic heterocycles. The maximum Gasteiger partial charge on any atom is 0.255 e. The second-order valence-corrected chi connectivity index (χ2v) is 8.78. The monoisotopic (exact) mass is 345 g/mol. The predicted octanol–water partition coefficient (Wildman–Crippen LogP) is 0.652. The maximum atomic E-state index is 12.5. The molecule has 0 radical (unpaired) electrons. The van der Waals surface area contributed by atoms with Crippen LogP contribution in [0, 0.1) is 11.8 Å². The summed E-state index contributed by atoms with van der Waals surface area (Å²) in [4.78, 5) is 14.6. The number of hydrogen-bond donors (Lipinski definition) is 1. The zero-order valence-corrected chi connectivity index (χ0v) is 13.9. The smallest absolute Gasteiger partial charge is 0.255 e. The summed E-state index contributed by atoms with van der Waals surface area (Å²) in [6.45, 7) is 0.190. The molecule has 21 heavy (non-hydrogen) atoms. The van der Waals surface area contributed by atoms with Crippen LogP contribution in [-0.2, 0) is 9.84 Å². The number of carbonyl (C=O) groups excluding carboxylic acids is 1. The number of amides is 1. The Balaban J connectivity index is 2.23. The fourth-order valence-electron chi connectivity index (χ4n) is 1.97. The Labute approximate surface area is 132 Å². The molecule has 1 unspecified atom stereocenters. The Hall–Kier alpha value is -1.01. The fourth-order valence-corrected chi connectivity index (χ4v) is 5.54. The van der Waals surface area contributed by atoms with Crippen LogP contribution in [0.4, 0.5) is 0 Å². The molecule has 0 bridgehead atoms. The highest BCUT2D eigenvalue weighted by molar-refractivity contribution is 8.00. The number of hydrogen-bond acceptors (Lipinski definition) is 6. The molecule has 0 aliphatic carbocycles. The van der Waals surface area contributed by atoms with Crippen molar-refractivity contribution in [3.8, 4) is 11.8 Å². The van der Waals surface area contributed by atoms with Crippen LogP contribution in [0.1, 0.15) is 15.2 Å². The minimum absolute atomic E-state index is 0.235. The van der Waals surface area contributed by atoms with Gasteiger partial charge >= 0.3 is 0 Å². The van der Waals surface area contributed by atoms with Crippen molar-refractivity contribution < 1.29 is 18.3 Å². The lowest BCUT2D eigenvalue weighted by Gasteiger charge is -2.33. The fraction of sp³-hybridized carbons (Fsp3) is 0.462. The first-order valence-corrected chi connectivity index (χ1v) is 10.2. The highest BCUT2D eigenvalue weighted by Crippen LogP contribution is 2.24. The summed E-state index contributed by atoms with van der Waals surface area (Å²) in [5.41, 5.74) is 0.447. The van der Waals surface area contributed by atoms with Crippen LogP contribution in [-0.4, -0.2) is 60.6 Å². The molecule has 1 aromatic rings. The molecule has 1 fully saturated rings. The van der Waals surface area contributed by atoms with Gasteiger partial charge in [-0.05, 0) is 6.07 Å². The third-order valence-electron chi connectivity index (χ3n) is 2.98. The second kappa shape index (κ2) is 6.83. The molecule has 0 aromatic carbocycles. The van der Waals surface area contributed by atoms with E-state index in [1.54, 1.807) is 23.2 Å². The molecule has 1 amide bonds. The Morgan fingerprint density at radius 1 is 1.57 bits per heavy atom. The van der Waals surface area contributed by atoms with Crippen molar-refractivity contribution in [2.45, 2.75) is 5.37 Å². The minimum Gasteiger partial charge on any atom is -0.384 e. The van der Waals surface area contributed by atoms with Gasteiger partial charge in [-0.3, -0.25) is 4.79 Å². The largest absolute Gasteiger partial charge is 0.384 e. The number of thiophene rings is 1. The normalized spacial score (nSPS) is 19.0. The van der Waals surface area contributed by atoms with Gasteiger partial charge in [0.05, 0.1) is 10.4 Å². The van der Waals surface area contributed by atoms with Gasteiger partial charge in [-0.15, -0.1) is 11.3 Å². The summed E-state index contributed by atoms with van der Waals surface area (Å²) in [6.07, 6.45) is 1.16. The zero-order chi connectivity index (χ0) is 15.5. The third kappa shape index (κ3) is 4.01. The number of sulfone groups is 1. The highest BCUT2D eigenvalue weighted by atomic mass is 32.2. The highest BCUT2D eigenvalue weighted by Gasteiger charge is 2.34. The lowest BCUT2D eigenvalue weighted by atomic mass is 10.2. The van der Waals surface area contributed by atoms with Crippen molar-refractivity contribution in [1.29, 1.82) is 0 Å². The lowest BCUT2D eigenvalue weighted by molar-refractivity contribution is 0.0750. The van der Waals surface area contributed by atoms with E-state index in [2.05, 4.69) is 11.8 Å². The zero-order valence-electron chi connectivity index (χ0n) is 11.4. The van der Waals surface area contributed by atoms with Crippen LogP contribution in [0.5, 0.6) is 0 Å². The molecule has 1 atom stereocenters. The van der Waals surface area contributed by atoms with E-state index in [1.807, 2.05) is 0 Å². The molecule has 2 heterocycles. The summed E-state index contributed by atoms with van der Waals surface area (Å²) >= 11 is 2.85. The van der Waals surface area contributed by atoms with E-state index in [-0.39, 0.29) is 12.5 Å². The second-order valence-electron chi connectivity index (χ2n) is 4.52. The Morgan fingerprint density at radius 2 is 2.33 bits per heavy atom. The van der Waals surface area contributed by atoms with Gasteiger partial charge in [-0.25, -0.2) is 8.42 Å². The summed E-state index contributed by atoms with van der Waals surface area (Å²) in [5.74, 6) is 6.13. The standard InChI is InChI=1S/C13H15NO4S3/c1-21(17,18)12-9-19-6-4-14(12)13(16)10-7-11(20-8-10)3-2-5-15/h7-8,12,15H,4-6,9H2,1H3. The van der Waals surface area contributed by atoms with Crippen molar-refractivity contribution in [2.75, 3.05) is 30.9 Å². The summed E-state index contributed by atoms with van der Waals surface area (Å²) < 4.78 is 23.6. The minimum atomic E-state index is -3.31. The van der Waals surface area contributed by atoms with Gasteiger partial charge in [0.25, 0.3) is 5.91 Å². The van der Waals surface area contributed by atoms with Gasteiger partial charge in [-0.1, -0.05) is 11.8 Å². The van der Waals surface area contributed by atoms with Gasteiger partial charge in [0.2, 0.25) is 0 Å². The van der Waals surface area contributed by atoms with Crippen molar-refractivity contribution >= 4 is 38.8 Å².